The van der Waals surface area contributed by atoms with E-state index >= 15 is 0 Å². The van der Waals surface area contributed by atoms with Crippen molar-refractivity contribution in [3.8, 4) is 11.5 Å². The van der Waals surface area contributed by atoms with Crippen LogP contribution >= 0.6 is 0 Å². The van der Waals surface area contributed by atoms with Crippen molar-refractivity contribution in [3.05, 3.63) is 77.1 Å². The van der Waals surface area contributed by atoms with Crippen molar-refractivity contribution in [3.63, 3.8) is 0 Å². The van der Waals surface area contributed by atoms with Gasteiger partial charge in [0.15, 0.2) is 11.5 Å². The van der Waals surface area contributed by atoms with E-state index in [0.29, 0.717) is 29.4 Å². The van der Waals surface area contributed by atoms with E-state index in [9.17, 15) is 4.79 Å². The number of aryl methyl sites for hydroxylation is 1. The Balaban J connectivity index is 1.60. The van der Waals surface area contributed by atoms with Gasteiger partial charge in [0.05, 0.1) is 7.11 Å². The summed E-state index contributed by atoms with van der Waals surface area (Å²) in [6.07, 6.45) is -0.723. The molecule has 3 aromatic rings. The third-order valence-electron chi connectivity index (χ3n) is 4.60. The van der Waals surface area contributed by atoms with Crippen LogP contribution in [0.5, 0.6) is 11.5 Å². The molecular formula is C22H22N4O4. The smallest absolute Gasteiger partial charge is 0.261 e. The Labute approximate surface area is 174 Å². The summed E-state index contributed by atoms with van der Waals surface area (Å²) >= 11 is 0. The molecule has 0 saturated carbocycles. The molecule has 8 heteroatoms. The fraction of sp³-hybridized carbons (Fsp3) is 0.227. The van der Waals surface area contributed by atoms with Crippen LogP contribution in [0.1, 0.15) is 35.7 Å². The molecule has 0 unspecified atom stereocenters. The van der Waals surface area contributed by atoms with Gasteiger partial charge in [-0.05, 0) is 36.8 Å². The van der Waals surface area contributed by atoms with Gasteiger partial charge >= 0.3 is 0 Å². The lowest BCUT2D eigenvalue weighted by Gasteiger charge is -2.20. The zero-order chi connectivity index (χ0) is 21.1. The minimum atomic E-state index is -0.723. The number of nitrogens with zero attached hydrogens (tertiary/aromatic N) is 3. The van der Waals surface area contributed by atoms with Crippen LogP contribution in [-0.2, 0) is 16.1 Å². The monoisotopic (exact) mass is 406 g/mol. The summed E-state index contributed by atoms with van der Waals surface area (Å²) in [5.41, 5.74) is 3.15. The van der Waals surface area contributed by atoms with Gasteiger partial charge in [0.1, 0.15) is 12.3 Å². The molecule has 0 radical (unpaired) electrons. The van der Waals surface area contributed by atoms with Gasteiger partial charge in [-0.15, -0.1) is 5.10 Å². The first-order chi connectivity index (χ1) is 14.5. The molecule has 0 aliphatic carbocycles. The Morgan fingerprint density at radius 2 is 1.97 bits per heavy atom. The van der Waals surface area contributed by atoms with Gasteiger partial charge in [0.2, 0.25) is 12.1 Å². The van der Waals surface area contributed by atoms with Gasteiger partial charge in [0, 0.05) is 18.2 Å². The lowest BCUT2D eigenvalue weighted by atomic mass is 10.1. The first-order valence-corrected chi connectivity index (χ1v) is 9.47. The number of aromatic nitrogens is 2. The minimum Gasteiger partial charge on any atom is -0.493 e. The van der Waals surface area contributed by atoms with Gasteiger partial charge < -0.3 is 14.2 Å². The molecule has 30 heavy (non-hydrogen) atoms. The van der Waals surface area contributed by atoms with E-state index < -0.39 is 6.23 Å². The van der Waals surface area contributed by atoms with Crippen molar-refractivity contribution in [1.82, 2.24) is 15.2 Å². The van der Waals surface area contributed by atoms with Crippen LogP contribution in [0.3, 0.4) is 0 Å². The van der Waals surface area contributed by atoms with E-state index in [-0.39, 0.29) is 11.8 Å². The SMILES string of the molecule is COc1ccc([C@H]2OC(c3cc(C)[nH]n3)=NN2C(C)=O)cc1OCc1ccccc1. The molecule has 1 amide bonds. The minimum absolute atomic E-state index is 0.246. The van der Waals surface area contributed by atoms with Gasteiger partial charge in [-0.2, -0.15) is 10.1 Å². The molecule has 1 aliphatic rings. The van der Waals surface area contributed by atoms with E-state index in [1.54, 1.807) is 19.2 Å². The Morgan fingerprint density at radius 1 is 1.17 bits per heavy atom. The van der Waals surface area contributed by atoms with Gasteiger partial charge in [-0.1, -0.05) is 30.3 Å². The van der Waals surface area contributed by atoms with Crippen molar-refractivity contribution in [1.29, 1.82) is 0 Å². The zero-order valence-electron chi connectivity index (χ0n) is 17.0. The predicted octanol–water partition coefficient (Wildman–Crippen LogP) is 3.54. The number of methoxy groups -OCH3 is 1. The first-order valence-electron chi connectivity index (χ1n) is 9.47. The summed E-state index contributed by atoms with van der Waals surface area (Å²) in [6.45, 7) is 3.71. The molecular weight excluding hydrogens is 384 g/mol. The number of rotatable bonds is 6. The van der Waals surface area contributed by atoms with Crippen LogP contribution in [0.2, 0.25) is 0 Å². The van der Waals surface area contributed by atoms with E-state index in [2.05, 4.69) is 15.3 Å². The quantitative estimate of drug-likeness (QED) is 0.676. The van der Waals surface area contributed by atoms with Crippen LogP contribution in [0.15, 0.2) is 59.7 Å². The number of ether oxygens (including phenoxy) is 3. The highest BCUT2D eigenvalue weighted by atomic mass is 16.5. The Bertz CT molecular complexity index is 1080. The zero-order valence-corrected chi connectivity index (χ0v) is 17.0. The number of hydrazone groups is 1. The average Bonchev–Trinajstić information content (AvgIpc) is 3.39. The fourth-order valence-electron chi connectivity index (χ4n) is 3.11. The highest BCUT2D eigenvalue weighted by molar-refractivity contribution is 5.94. The van der Waals surface area contributed by atoms with Crippen LogP contribution < -0.4 is 9.47 Å². The molecule has 1 atom stereocenters. The topological polar surface area (TPSA) is 89.0 Å². The van der Waals surface area contributed by atoms with Gasteiger partial charge in [0.25, 0.3) is 5.90 Å². The summed E-state index contributed by atoms with van der Waals surface area (Å²) in [4.78, 5) is 12.2. The van der Waals surface area contributed by atoms with Crippen LogP contribution in [0.4, 0.5) is 0 Å². The molecule has 0 saturated heterocycles. The number of carbonyl (C=O) groups is 1. The Kier molecular flexibility index (Phi) is 5.38. The van der Waals surface area contributed by atoms with Gasteiger partial charge in [-0.3, -0.25) is 9.89 Å². The van der Waals surface area contributed by atoms with Crippen molar-refractivity contribution >= 4 is 11.8 Å². The normalized spacial score (nSPS) is 15.5. The number of aromatic amines is 1. The van der Waals surface area contributed by atoms with Gasteiger partial charge in [-0.25, -0.2) is 0 Å². The molecule has 154 valence electrons. The molecule has 1 N–H and O–H groups in total. The van der Waals surface area contributed by atoms with Crippen LogP contribution in [0, 0.1) is 6.92 Å². The van der Waals surface area contributed by atoms with E-state index in [4.69, 9.17) is 14.2 Å². The second-order valence-electron chi connectivity index (χ2n) is 6.86. The van der Waals surface area contributed by atoms with Crippen molar-refractivity contribution in [2.24, 2.45) is 5.10 Å². The number of benzene rings is 2. The van der Waals surface area contributed by atoms with Crippen LogP contribution in [-0.4, -0.2) is 34.1 Å². The lowest BCUT2D eigenvalue weighted by Crippen LogP contribution is -2.25. The number of carbonyl (C=O) groups excluding carboxylic acids is 1. The molecule has 8 nitrogen and oxygen atoms in total. The van der Waals surface area contributed by atoms with E-state index in [1.807, 2.05) is 49.4 Å². The highest BCUT2D eigenvalue weighted by Crippen LogP contribution is 2.36. The molecule has 2 heterocycles. The van der Waals surface area contributed by atoms with E-state index in [1.165, 1.54) is 11.9 Å². The summed E-state index contributed by atoms with van der Waals surface area (Å²) in [6, 6.07) is 17.1. The number of amides is 1. The average molecular weight is 406 g/mol. The summed E-state index contributed by atoms with van der Waals surface area (Å²) in [5, 5.41) is 12.6. The number of nitrogens with one attached hydrogen (secondary N) is 1. The van der Waals surface area contributed by atoms with Crippen molar-refractivity contribution in [2.75, 3.05) is 7.11 Å². The second-order valence-corrected chi connectivity index (χ2v) is 6.86. The lowest BCUT2D eigenvalue weighted by molar-refractivity contribution is -0.135. The maximum absolute atomic E-state index is 12.2. The first kappa shape index (κ1) is 19.5. The molecule has 0 fully saturated rings. The molecule has 4 rings (SSSR count). The fourth-order valence-corrected chi connectivity index (χ4v) is 3.11. The van der Waals surface area contributed by atoms with Crippen molar-refractivity contribution in [2.45, 2.75) is 26.7 Å². The van der Waals surface area contributed by atoms with Crippen LogP contribution in [0.25, 0.3) is 0 Å². The summed E-state index contributed by atoms with van der Waals surface area (Å²) < 4.78 is 17.4. The standard InChI is InChI=1S/C22H22N4O4/c1-14-11-18(24-23-14)21-25-26(15(2)27)22(30-21)17-9-10-19(28-3)20(12-17)29-13-16-7-5-4-6-8-16/h4-12,22H,13H2,1-3H3,(H,23,24)/t22-/m1/s1. The third-order valence-corrected chi connectivity index (χ3v) is 4.60. The number of H-pyrrole nitrogens is 1. The predicted molar refractivity (Wildman–Crippen MR) is 110 cm³/mol. The Morgan fingerprint density at radius 3 is 2.63 bits per heavy atom. The molecule has 0 bridgehead atoms. The maximum atomic E-state index is 12.2. The molecule has 1 aliphatic heterocycles. The van der Waals surface area contributed by atoms with E-state index in [0.717, 1.165) is 11.3 Å². The largest absolute Gasteiger partial charge is 0.493 e. The maximum Gasteiger partial charge on any atom is 0.261 e. The highest BCUT2D eigenvalue weighted by Gasteiger charge is 2.34. The third kappa shape index (κ3) is 3.98. The molecule has 0 spiro atoms. The number of hydrogen-bond donors (Lipinski definition) is 1. The summed E-state index contributed by atoms with van der Waals surface area (Å²) in [7, 11) is 1.58. The molecule has 2 aromatic carbocycles. The summed E-state index contributed by atoms with van der Waals surface area (Å²) in [5.74, 6) is 1.17. The Hall–Kier alpha value is -3.81. The van der Waals surface area contributed by atoms with Crippen molar-refractivity contribution < 1.29 is 19.0 Å². The number of hydrogen-bond acceptors (Lipinski definition) is 6. The second kappa shape index (κ2) is 8.28. The molecule has 1 aromatic heterocycles.